The highest BCUT2D eigenvalue weighted by molar-refractivity contribution is 7.89. The third-order valence-corrected chi connectivity index (χ3v) is 9.45. The molecule has 2 fully saturated rings. The number of rotatable bonds is 8. The van der Waals surface area contributed by atoms with Crippen LogP contribution in [0.4, 0.5) is 0 Å². The normalized spacial score (nSPS) is 21.9. The Balaban J connectivity index is 1.56. The SMILES string of the molecule is CCc1ccc(S(=O)(=O)N2CCCC(COc3ccc(Cl)cc3)(CC(=O)N3CCN(C)CC3)C2)cc1. The Morgan fingerprint density at radius 2 is 1.67 bits per heavy atom. The topological polar surface area (TPSA) is 70.2 Å². The molecule has 0 N–H and O–H groups in total. The van der Waals surface area contributed by atoms with Crippen LogP contribution in [0.15, 0.2) is 53.4 Å². The van der Waals surface area contributed by atoms with Crippen molar-refractivity contribution in [1.82, 2.24) is 14.1 Å². The molecule has 2 aromatic rings. The van der Waals surface area contributed by atoms with Crippen molar-refractivity contribution in [3.8, 4) is 5.75 Å². The van der Waals surface area contributed by atoms with Crippen molar-refractivity contribution in [3.05, 3.63) is 59.1 Å². The Kier molecular flexibility index (Phi) is 8.60. The number of piperidine rings is 1. The number of piperazine rings is 1. The van der Waals surface area contributed by atoms with Gasteiger partial charge in [-0.25, -0.2) is 8.42 Å². The van der Waals surface area contributed by atoms with Gasteiger partial charge in [0.2, 0.25) is 15.9 Å². The van der Waals surface area contributed by atoms with Crippen LogP contribution in [0, 0.1) is 5.41 Å². The number of carbonyl (C=O) groups excluding carboxylic acids is 1. The molecule has 1 atom stereocenters. The zero-order valence-electron chi connectivity index (χ0n) is 21.2. The molecule has 2 saturated heterocycles. The van der Waals surface area contributed by atoms with E-state index in [-0.39, 0.29) is 25.5 Å². The Morgan fingerprint density at radius 3 is 2.31 bits per heavy atom. The fourth-order valence-corrected chi connectivity index (χ4v) is 6.70. The van der Waals surface area contributed by atoms with Crippen LogP contribution < -0.4 is 4.74 Å². The molecule has 0 spiro atoms. The van der Waals surface area contributed by atoms with Crippen LogP contribution in [0.1, 0.15) is 31.7 Å². The summed E-state index contributed by atoms with van der Waals surface area (Å²) < 4.78 is 34.8. The van der Waals surface area contributed by atoms with Crippen molar-refractivity contribution in [2.24, 2.45) is 5.41 Å². The molecule has 0 aliphatic carbocycles. The Bertz CT molecular complexity index is 1130. The lowest BCUT2D eigenvalue weighted by molar-refractivity contribution is -0.136. The van der Waals surface area contributed by atoms with E-state index in [0.29, 0.717) is 41.7 Å². The first-order valence-corrected chi connectivity index (χ1v) is 14.5. The highest BCUT2D eigenvalue weighted by Gasteiger charge is 2.43. The average molecular weight is 534 g/mol. The first kappa shape index (κ1) is 26.9. The molecule has 0 aromatic heterocycles. The molecule has 1 amide bonds. The molecule has 0 bridgehead atoms. The summed E-state index contributed by atoms with van der Waals surface area (Å²) in [6, 6.07) is 14.2. The van der Waals surface area contributed by atoms with Gasteiger partial charge in [0.15, 0.2) is 0 Å². The van der Waals surface area contributed by atoms with Crippen molar-refractivity contribution < 1.29 is 17.9 Å². The van der Waals surface area contributed by atoms with E-state index >= 15 is 0 Å². The summed E-state index contributed by atoms with van der Waals surface area (Å²) in [4.78, 5) is 17.8. The van der Waals surface area contributed by atoms with Crippen molar-refractivity contribution in [3.63, 3.8) is 0 Å². The van der Waals surface area contributed by atoms with E-state index in [4.69, 9.17) is 16.3 Å². The molecule has 9 heteroatoms. The summed E-state index contributed by atoms with van der Waals surface area (Å²) in [5, 5.41) is 0.617. The lowest BCUT2D eigenvalue weighted by Gasteiger charge is -2.43. The monoisotopic (exact) mass is 533 g/mol. The van der Waals surface area contributed by atoms with Gasteiger partial charge in [-0.3, -0.25) is 4.79 Å². The van der Waals surface area contributed by atoms with Gasteiger partial charge in [-0.05, 0) is 68.3 Å². The van der Waals surface area contributed by atoms with E-state index in [9.17, 15) is 13.2 Å². The van der Waals surface area contributed by atoms with Crippen LogP contribution in [-0.2, 0) is 21.2 Å². The third kappa shape index (κ3) is 6.40. The summed E-state index contributed by atoms with van der Waals surface area (Å²) >= 11 is 6.02. The second-order valence-electron chi connectivity index (χ2n) is 10.0. The Morgan fingerprint density at radius 1 is 1.00 bits per heavy atom. The highest BCUT2D eigenvalue weighted by atomic mass is 35.5. The van der Waals surface area contributed by atoms with Crippen LogP contribution in [0.5, 0.6) is 5.75 Å². The molecule has 2 aromatic carbocycles. The van der Waals surface area contributed by atoms with E-state index in [1.807, 2.05) is 24.0 Å². The molecule has 2 aliphatic rings. The number of hydrogen-bond acceptors (Lipinski definition) is 5. The van der Waals surface area contributed by atoms with Crippen LogP contribution in [0.3, 0.4) is 0 Å². The van der Waals surface area contributed by atoms with Crippen molar-refractivity contribution in [2.45, 2.75) is 37.5 Å². The van der Waals surface area contributed by atoms with Crippen molar-refractivity contribution in [2.75, 3.05) is 52.9 Å². The van der Waals surface area contributed by atoms with E-state index in [1.54, 1.807) is 40.7 Å². The predicted octanol–water partition coefficient (Wildman–Crippen LogP) is 3.92. The number of amides is 1. The number of ether oxygens (including phenoxy) is 1. The minimum atomic E-state index is -3.69. The van der Waals surface area contributed by atoms with E-state index in [1.165, 1.54) is 0 Å². The smallest absolute Gasteiger partial charge is 0.243 e. The molecule has 196 valence electrons. The summed E-state index contributed by atoms with van der Waals surface area (Å²) in [5.41, 5.74) is 0.477. The fraction of sp³-hybridized carbons (Fsp3) is 0.519. The number of likely N-dealkylation sites (N-methyl/N-ethyl adjacent to an activating group) is 1. The fourth-order valence-electron chi connectivity index (χ4n) is 4.98. The van der Waals surface area contributed by atoms with Crippen LogP contribution in [0.2, 0.25) is 5.02 Å². The average Bonchev–Trinajstić information content (AvgIpc) is 2.89. The first-order valence-electron chi connectivity index (χ1n) is 12.6. The maximum absolute atomic E-state index is 13.6. The van der Waals surface area contributed by atoms with Gasteiger partial charge in [-0.1, -0.05) is 30.7 Å². The number of sulfonamides is 1. The van der Waals surface area contributed by atoms with E-state index in [0.717, 1.165) is 31.5 Å². The highest BCUT2D eigenvalue weighted by Crippen LogP contribution is 2.37. The Hall–Kier alpha value is -2.13. The van der Waals surface area contributed by atoms with Gasteiger partial charge in [0, 0.05) is 56.1 Å². The summed E-state index contributed by atoms with van der Waals surface area (Å²) in [5.74, 6) is 0.718. The van der Waals surface area contributed by atoms with Gasteiger partial charge >= 0.3 is 0 Å². The van der Waals surface area contributed by atoms with Crippen molar-refractivity contribution >= 4 is 27.5 Å². The maximum Gasteiger partial charge on any atom is 0.243 e. The minimum absolute atomic E-state index is 0.0642. The number of aryl methyl sites for hydroxylation is 1. The maximum atomic E-state index is 13.6. The van der Waals surface area contributed by atoms with Crippen LogP contribution in [0.25, 0.3) is 0 Å². The van der Waals surface area contributed by atoms with E-state index < -0.39 is 15.4 Å². The second kappa shape index (κ2) is 11.5. The minimum Gasteiger partial charge on any atom is -0.493 e. The van der Waals surface area contributed by atoms with Crippen molar-refractivity contribution in [1.29, 1.82) is 0 Å². The zero-order chi connectivity index (χ0) is 25.8. The van der Waals surface area contributed by atoms with Gasteiger partial charge in [0.05, 0.1) is 11.5 Å². The molecule has 2 heterocycles. The lowest BCUT2D eigenvalue weighted by atomic mass is 9.78. The predicted molar refractivity (Wildman–Crippen MR) is 142 cm³/mol. The molecule has 0 radical (unpaired) electrons. The number of hydrogen-bond donors (Lipinski definition) is 0. The molecule has 1 unspecified atom stereocenters. The van der Waals surface area contributed by atoms with Crippen LogP contribution >= 0.6 is 11.6 Å². The van der Waals surface area contributed by atoms with Gasteiger partial charge in [-0.2, -0.15) is 4.31 Å². The van der Waals surface area contributed by atoms with Gasteiger partial charge in [0.1, 0.15) is 5.75 Å². The summed E-state index contributed by atoms with van der Waals surface area (Å²) in [6.07, 6.45) is 2.50. The number of benzene rings is 2. The molecular weight excluding hydrogens is 498 g/mol. The standard InChI is InChI=1S/C27H36ClN3O4S/c1-3-22-5-11-25(12-6-22)36(33,34)31-14-4-13-27(20-31,21-35-24-9-7-23(28)8-10-24)19-26(32)30-17-15-29(2)16-18-30/h5-12H,3-4,13-21H2,1-2H3. The van der Waals surface area contributed by atoms with Gasteiger partial charge in [0.25, 0.3) is 0 Å². The quantitative estimate of drug-likeness (QED) is 0.514. The lowest BCUT2D eigenvalue weighted by Crippen LogP contribution is -2.53. The first-order chi connectivity index (χ1) is 17.2. The third-order valence-electron chi connectivity index (χ3n) is 7.34. The molecule has 4 rings (SSSR count). The van der Waals surface area contributed by atoms with Crippen LogP contribution in [-0.4, -0.2) is 81.4 Å². The number of halogens is 1. The summed E-state index contributed by atoms with van der Waals surface area (Å²) in [6.45, 7) is 6.05. The number of nitrogens with zero attached hydrogens (tertiary/aromatic N) is 3. The molecular formula is C27H36ClN3O4S. The molecule has 2 aliphatic heterocycles. The van der Waals surface area contributed by atoms with Gasteiger partial charge < -0.3 is 14.5 Å². The summed E-state index contributed by atoms with van der Waals surface area (Å²) in [7, 11) is -1.63. The second-order valence-corrected chi connectivity index (χ2v) is 12.4. The molecule has 7 nitrogen and oxygen atoms in total. The number of carbonyl (C=O) groups is 1. The molecule has 36 heavy (non-hydrogen) atoms. The van der Waals surface area contributed by atoms with E-state index in [2.05, 4.69) is 11.9 Å². The molecule has 0 saturated carbocycles. The largest absolute Gasteiger partial charge is 0.493 e. The zero-order valence-corrected chi connectivity index (χ0v) is 22.7. The Labute approximate surface area is 220 Å². The van der Waals surface area contributed by atoms with Gasteiger partial charge in [-0.15, -0.1) is 0 Å².